The summed E-state index contributed by atoms with van der Waals surface area (Å²) in [6.07, 6.45) is 2.15. The van der Waals surface area contributed by atoms with E-state index in [1.54, 1.807) is 14.2 Å². The van der Waals surface area contributed by atoms with E-state index < -0.39 is 0 Å². The van der Waals surface area contributed by atoms with Gasteiger partial charge < -0.3 is 9.47 Å². The van der Waals surface area contributed by atoms with Crippen LogP contribution in [0.4, 0.5) is 0 Å². The zero-order valence-electron chi connectivity index (χ0n) is 14.8. The molecule has 2 nitrogen and oxygen atoms in total. The minimum absolute atomic E-state index is 0.523. The van der Waals surface area contributed by atoms with Crippen molar-refractivity contribution in [2.75, 3.05) is 14.2 Å². The highest BCUT2D eigenvalue weighted by Gasteiger charge is 2.33. The van der Waals surface area contributed by atoms with E-state index in [2.05, 4.69) is 50.2 Å². The highest BCUT2D eigenvalue weighted by molar-refractivity contribution is 5.97. The van der Waals surface area contributed by atoms with Gasteiger partial charge >= 0.3 is 0 Å². The summed E-state index contributed by atoms with van der Waals surface area (Å²) in [6.45, 7) is 4.70. The standard InChI is InChI=1S/C22H24O2/c1-13-9-15-11-17(23-3)6-8-20(15)22-14(2)10-16-12-18(24-4)5-7-19(16)21(13)22/h5-8,11-14H,9-10H2,1-4H3/t13-,14-/m0/s1. The number of rotatable bonds is 2. The maximum atomic E-state index is 5.43. The first-order valence-electron chi connectivity index (χ1n) is 8.71. The van der Waals surface area contributed by atoms with Crippen LogP contribution in [0.15, 0.2) is 36.4 Å². The van der Waals surface area contributed by atoms with E-state index in [9.17, 15) is 0 Å². The normalized spacial score (nSPS) is 21.7. The first-order valence-corrected chi connectivity index (χ1v) is 8.71. The van der Waals surface area contributed by atoms with Gasteiger partial charge in [0.1, 0.15) is 11.5 Å². The number of methoxy groups -OCH3 is 2. The minimum Gasteiger partial charge on any atom is -0.497 e. The molecule has 2 aromatic rings. The average molecular weight is 320 g/mol. The van der Waals surface area contributed by atoms with Crippen LogP contribution in [-0.2, 0) is 12.8 Å². The van der Waals surface area contributed by atoms with E-state index in [1.165, 1.54) is 33.4 Å². The van der Waals surface area contributed by atoms with Gasteiger partial charge in [0.05, 0.1) is 14.2 Å². The second-order valence-electron chi connectivity index (χ2n) is 7.08. The van der Waals surface area contributed by atoms with Gasteiger partial charge in [-0.05, 0) is 82.3 Å². The molecule has 2 aliphatic rings. The zero-order valence-corrected chi connectivity index (χ0v) is 14.8. The van der Waals surface area contributed by atoms with Crippen molar-refractivity contribution in [3.8, 4) is 11.5 Å². The summed E-state index contributed by atoms with van der Waals surface area (Å²) < 4.78 is 10.9. The number of hydrogen-bond donors (Lipinski definition) is 0. The Balaban J connectivity index is 1.93. The zero-order chi connectivity index (χ0) is 16.8. The highest BCUT2D eigenvalue weighted by atomic mass is 16.5. The van der Waals surface area contributed by atoms with Gasteiger partial charge in [-0.15, -0.1) is 0 Å². The van der Waals surface area contributed by atoms with E-state index >= 15 is 0 Å². The van der Waals surface area contributed by atoms with Crippen LogP contribution in [0.1, 0.15) is 36.1 Å². The third kappa shape index (κ3) is 2.24. The largest absolute Gasteiger partial charge is 0.497 e. The van der Waals surface area contributed by atoms with Gasteiger partial charge in [-0.3, -0.25) is 0 Å². The number of allylic oxidation sites excluding steroid dienone is 2. The smallest absolute Gasteiger partial charge is 0.119 e. The number of hydrogen-bond acceptors (Lipinski definition) is 2. The molecule has 0 N–H and O–H groups in total. The Kier molecular flexibility index (Phi) is 3.64. The second kappa shape index (κ2) is 5.70. The minimum atomic E-state index is 0.523. The van der Waals surface area contributed by atoms with E-state index in [0.29, 0.717) is 11.8 Å². The molecule has 0 aromatic heterocycles. The fourth-order valence-corrected chi connectivity index (χ4v) is 4.47. The maximum absolute atomic E-state index is 5.43. The van der Waals surface area contributed by atoms with Crippen LogP contribution < -0.4 is 9.47 Å². The first-order chi connectivity index (χ1) is 11.6. The Morgan fingerprint density at radius 3 is 1.50 bits per heavy atom. The third-order valence-electron chi connectivity index (χ3n) is 5.53. The predicted molar refractivity (Wildman–Crippen MR) is 98.5 cm³/mol. The summed E-state index contributed by atoms with van der Waals surface area (Å²) in [4.78, 5) is 0. The Morgan fingerprint density at radius 2 is 1.12 bits per heavy atom. The summed E-state index contributed by atoms with van der Waals surface area (Å²) in [5, 5.41) is 0. The monoisotopic (exact) mass is 320 g/mol. The molecule has 0 unspecified atom stereocenters. The van der Waals surface area contributed by atoms with Crippen molar-refractivity contribution in [2.24, 2.45) is 11.8 Å². The van der Waals surface area contributed by atoms with Gasteiger partial charge in [-0.2, -0.15) is 0 Å². The third-order valence-corrected chi connectivity index (χ3v) is 5.53. The van der Waals surface area contributed by atoms with Crippen molar-refractivity contribution in [1.29, 1.82) is 0 Å². The Labute approximate surface area is 144 Å². The van der Waals surface area contributed by atoms with Gasteiger partial charge in [0.25, 0.3) is 0 Å². The Bertz CT molecular complexity index is 762. The fourth-order valence-electron chi connectivity index (χ4n) is 4.47. The van der Waals surface area contributed by atoms with Crippen molar-refractivity contribution >= 4 is 11.1 Å². The van der Waals surface area contributed by atoms with Gasteiger partial charge in [0.15, 0.2) is 0 Å². The topological polar surface area (TPSA) is 18.5 Å². The van der Waals surface area contributed by atoms with E-state index in [4.69, 9.17) is 9.47 Å². The Hall–Kier alpha value is -2.22. The second-order valence-corrected chi connectivity index (χ2v) is 7.08. The number of benzene rings is 2. The van der Waals surface area contributed by atoms with E-state index in [0.717, 1.165) is 24.3 Å². The molecule has 0 spiro atoms. The summed E-state index contributed by atoms with van der Waals surface area (Å²) in [5.41, 5.74) is 8.73. The van der Waals surface area contributed by atoms with Gasteiger partial charge in [-0.1, -0.05) is 26.0 Å². The molecule has 0 amide bonds. The predicted octanol–water partition coefficient (Wildman–Crippen LogP) is 5.00. The van der Waals surface area contributed by atoms with Crippen LogP contribution in [0.3, 0.4) is 0 Å². The van der Waals surface area contributed by atoms with E-state index in [1.807, 2.05) is 0 Å². The van der Waals surface area contributed by atoms with Crippen molar-refractivity contribution in [3.63, 3.8) is 0 Å². The molecule has 0 bridgehead atoms. The van der Waals surface area contributed by atoms with Crippen LogP contribution in [-0.4, -0.2) is 14.2 Å². The van der Waals surface area contributed by atoms with Crippen molar-refractivity contribution in [1.82, 2.24) is 0 Å². The number of ether oxygens (including phenoxy) is 2. The number of fused-ring (bicyclic) bond motifs is 4. The highest BCUT2D eigenvalue weighted by Crippen LogP contribution is 2.49. The summed E-state index contributed by atoms with van der Waals surface area (Å²) in [7, 11) is 3.48. The summed E-state index contributed by atoms with van der Waals surface area (Å²) >= 11 is 0. The van der Waals surface area contributed by atoms with Crippen LogP contribution in [0.2, 0.25) is 0 Å². The molecule has 2 heteroatoms. The van der Waals surface area contributed by atoms with E-state index in [-0.39, 0.29) is 0 Å². The molecule has 0 saturated carbocycles. The van der Waals surface area contributed by atoms with Crippen LogP contribution in [0, 0.1) is 11.8 Å². The van der Waals surface area contributed by atoms with Crippen molar-refractivity contribution in [3.05, 3.63) is 58.7 Å². The van der Waals surface area contributed by atoms with Gasteiger partial charge in [0, 0.05) is 0 Å². The van der Waals surface area contributed by atoms with Gasteiger partial charge in [0.2, 0.25) is 0 Å². The van der Waals surface area contributed by atoms with Crippen molar-refractivity contribution < 1.29 is 9.47 Å². The molecular formula is C22H24O2. The molecular weight excluding hydrogens is 296 g/mol. The molecule has 0 radical (unpaired) electrons. The molecule has 4 rings (SSSR count). The molecule has 24 heavy (non-hydrogen) atoms. The fraction of sp³-hybridized carbons (Fsp3) is 0.364. The van der Waals surface area contributed by atoms with Crippen LogP contribution in [0.25, 0.3) is 11.1 Å². The molecule has 124 valence electrons. The van der Waals surface area contributed by atoms with Gasteiger partial charge in [-0.25, -0.2) is 0 Å². The molecule has 0 saturated heterocycles. The molecule has 2 aromatic carbocycles. The SMILES string of the molecule is COc1ccc2c(c1)C[C@H](C)C1=C2[C@@H](C)Cc2cc(OC)ccc21. The lowest BCUT2D eigenvalue weighted by Gasteiger charge is -2.37. The average Bonchev–Trinajstić information content (AvgIpc) is 2.60. The molecule has 0 aliphatic heterocycles. The van der Waals surface area contributed by atoms with Crippen molar-refractivity contribution in [2.45, 2.75) is 26.7 Å². The molecule has 2 aliphatic carbocycles. The van der Waals surface area contributed by atoms with Crippen LogP contribution >= 0.6 is 0 Å². The lowest BCUT2D eigenvalue weighted by Crippen LogP contribution is -2.22. The molecule has 0 fully saturated rings. The quantitative estimate of drug-likeness (QED) is 0.775. The molecule has 0 heterocycles. The Morgan fingerprint density at radius 1 is 0.708 bits per heavy atom. The summed E-state index contributed by atoms with van der Waals surface area (Å²) in [5.74, 6) is 2.96. The summed E-state index contributed by atoms with van der Waals surface area (Å²) in [6, 6.07) is 13.1. The van der Waals surface area contributed by atoms with Crippen LogP contribution in [0.5, 0.6) is 11.5 Å². The maximum Gasteiger partial charge on any atom is 0.119 e. The first kappa shape index (κ1) is 15.3. The lowest BCUT2D eigenvalue weighted by molar-refractivity contribution is 0.413. The molecule has 2 atom stereocenters. The lowest BCUT2D eigenvalue weighted by atomic mass is 9.68.